The molecule has 0 N–H and O–H groups in total. The Kier molecular flexibility index (Phi) is 3.17. The third-order valence-electron chi connectivity index (χ3n) is 2.85. The van der Waals surface area contributed by atoms with E-state index in [1.54, 1.807) is 0 Å². The van der Waals surface area contributed by atoms with Crippen LogP contribution in [0.25, 0.3) is 0 Å². The molecular formula is C8H15PS3. The predicted octanol–water partition coefficient (Wildman–Crippen LogP) is 3.96. The van der Waals surface area contributed by atoms with Gasteiger partial charge in [0.2, 0.25) is 0 Å². The molecule has 0 unspecified atom stereocenters. The Morgan fingerprint density at radius 2 is 1.92 bits per heavy atom. The highest BCUT2D eigenvalue weighted by Gasteiger charge is 2.38. The van der Waals surface area contributed by atoms with Gasteiger partial charge in [0.1, 0.15) is 0 Å². The summed E-state index contributed by atoms with van der Waals surface area (Å²) in [5, 5.41) is 0. The Morgan fingerprint density at radius 3 is 2.42 bits per heavy atom. The fourth-order valence-corrected chi connectivity index (χ4v) is 15.4. The molecule has 1 saturated heterocycles. The molecule has 4 heteroatoms. The fourth-order valence-electron chi connectivity index (χ4n) is 2.15. The zero-order chi connectivity index (χ0) is 8.60. The summed E-state index contributed by atoms with van der Waals surface area (Å²) in [5.74, 6) is 3.57. The van der Waals surface area contributed by atoms with E-state index in [1.807, 2.05) is 0 Å². The van der Waals surface area contributed by atoms with E-state index in [1.165, 1.54) is 30.8 Å². The normalized spacial score (nSPS) is 40.4. The molecule has 2 rings (SSSR count). The van der Waals surface area contributed by atoms with E-state index in [4.69, 9.17) is 11.8 Å². The molecule has 0 amide bonds. The molecule has 1 aliphatic heterocycles. The van der Waals surface area contributed by atoms with Crippen LogP contribution in [0.5, 0.6) is 0 Å². The lowest BCUT2D eigenvalue weighted by molar-refractivity contribution is 0.623. The third-order valence-corrected chi connectivity index (χ3v) is 15.7. The van der Waals surface area contributed by atoms with Crippen LogP contribution in [0.15, 0.2) is 0 Å². The second-order valence-corrected chi connectivity index (χ2v) is 15.6. The Balaban J connectivity index is 2.11. The van der Waals surface area contributed by atoms with Crippen molar-refractivity contribution in [3.8, 4) is 0 Å². The Hall–Kier alpha value is 1.35. The van der Waals surface area contributed by atoms with Gasteiger partial charge in [0, 0.05) is 17.2 Å². The molecule has 1 heterocycles. The van der Waals surface area contributed by atoms with Gasteiger partial charge < -0.3 is 0 Å². The van der Waals surface area contributed by atoms with Crippen molar-refractivity contribution in [3.63, 3.8) is 0 Å². The molecule has 0 radical (unpaired) electrons. The van der Waals surface area contributed by atoms with E-state index < -0.39 is 4.44 Å². The monoisotopic (exact) mass is 238 g/mol. The van der Waals surface area contributed by atoms with Crippen molar-refractivity contribution in [1.82, 2.24) is 0 Å². The van der Waals surface area contributed by atoms with Gasteiger partial charge in [-0.25, -0.2) is 0 Å². The molecular weight excluding hydrogens is 223 g/mol. The lowest BCUT2D eigenvalue weighted by Crippen LogP contribution is -2.06. The van der Waals surface area contributed by atoms with Crippen molar-refractivity contribution in [1.29, 1.82) is 0 Å². The lowest BCUT2D eigenvalue weighted by atomic mass is 10.1. The summed E-state index contributed by atoms with van der Waals surface area (Å²) in [6.45, 7) is 2.41. The largest absolute Gasteiger partial charge is 0.113 e. The van der Waals surface area contributed by atoms with Crippen molar-refractivity contribution < 1.29 is 0 Å². The van der Waals surface area contributed by atoms with Crippen LogP contribution in [0.1, 0.15) is 26.2 Å². The fraction of sp³-hybridized carbons (Fsp3) is 1.00. The van der Waals surface area contributed by atoms with E-state index >= 15 is 0 Å². The maximum atomic E-state index is 5.84. The van der Waals surface area contributed by atoms with E-state index in [0.717, 1.165) is 11.6 Å². The minimum absolute atomic E-state index is 0.921. The smallest absolute Gasteiger partial charge is 0.0604 e. The van der Waals surface area contributed by atoms with E-state index in [-0.39, 0.29) is 0 Å². The van der Waals surface area contributed by atoms with E-state index in [9.17, 15) is 0 Å². The second kappa shape index (κ2) is 3.84. The second-order valence-electron chi connectivity index (χ2n) is 3.68. The molecule has 2 fully saturated rings. The standard InChI is InChI=1S/C8H15PS3/c1-7-3-2-4-8(7)9(10)11-5-6-12-9/h7-8H,2-6H2,1H3/t7-,8+/m0/s1. The zero-order valence-corrected chi connectivity index (χ0v) is 10.7. The maximum absolute atomic E-state index is 5.84. The van der Waals surface area contributed by atoms with Gasteiger partial charge in [-0.2, -0.15) is 0 Å². The molecule has 2 atom stereocenters. The Bertz CT molecular complexity index is 206. The minimum atomic E-state index is -1.01. The van der Waals surface area contributed by atoms with Crippen LogP contribution >= 0.6 is 27.2 Å². The summed E-state index contributed by atoms with van der Waals surface area (Å²) >= 11 is 10.1. The summed E-state index contributed by atoms with van der Waals surface area (Å²) in [6, 6.07) is 0. The first-order valence-electron chi connectivity index (χ1n) is 4.61. The quantitative estimate of drug-likeness (QED) is 0.635. The summed E-state index contributed by atoms with van der Waals surface area (Å²) in [4.78, 5) is 0. The van der Waals surface area contributed by atoms with Gasteiger partial charge in [-0.1, -0.05) is 31.6 Å². The van der Waals surface area contributed by atoms with E-state index in [0.29, 0.717) is 0 Å². The average molecular weight is 238 g/mol. The minimum Gasteiger partial charge on any atom is -0.113 e. The highest BCUT2D eigenvalue weighted by atomic mass is 33.2. The van der Waals surface area contributed by atoms with Crippen molar-refractivity contribution in [2.75, 3.05) is 11.5 Å². The van der Waals surface area contributed by atoms with Crippen LogP contribution in [0.2, 0.25) is 0 Å². The highest BCUT2D eigenvalue weighted by molar-refractivity contribution is 9.02. The Labute approximate surface area is 88.1 Å². The van der Waals surface area contributed by atoms with Crippen LogP contribution in [-0.2, 0) is 11.8 Å². The predicted molar refractivity (Wildman–Crippen MR) is 66.0 cm³/mol. The van der Waals surface area contributed by atoms with Crippen LogP contribution < -0.4 is 0 Å². The summed E-state index contributed by atoms with van der Waals surface area (Å²) in [5.41, 5.74) is 0.921. The molecule has 70 valence electrons. The number of hydrogen-bond donors (Lipinski definition) is 0. The van der Waals surface area contributed by atoms with Crippen LogP contribution in [0.4, 0.5) is 0 Å². The molecule has 2 aliphatic rings. The summed E-state index contributed by atoms with van der Waals surface area (Å²) < 4.78 is -1.01. The first-order chi connectivity index (χ1) is 5.72. The zero-order valence-electron chi connectivity index (χ0n) is 7.36. The van der Waals surface area contributed by atoms with Crippen LogP contribution in [0.3, 0.4) is 0 Å². The van der Waals surface area contributed by atoms with Crippen LogP contribution in [-0.4, -0.2) is 17.2 Å². The van der Waals surface area contributed by atoms with Gasteiger partial charge >= 0.3 is 0 Å². The first-order valence-corrected chi connectivity index (χ1v) is 10.7. The maximum Gasteiger partial charge on any atom is 0.0604 e. The van der Waals surface area contributed by atoms with Gasteiger partial charge in [0.05, 0.1) is 4.44 Å². The molecule has 0 nitrogen and oxygen atoms in total. The van der Waals surface area contributed by atoms with Gasteiger partial charge in [-0.05, 0) is 12.3 Å². The summed E-state index contributed by atoms with van der Waals surface area (Å²) in [6.07, 6.45) is 4.30. The van der Waals surface area contributed by atoms with E-state index in [2.05, 4.69) is 29.7 Å². The van der Waals surface area contributed by atoms with Gasteiger partial charge in [-0.3, -0.25) is 0 Å². The molecule has 0 bridgehead atoms. The molecule has 0 aromatic rings. The molecule has 1 saturated carbocycles. The first kappa shape index (κ1) is 9.89. The molecule has 0 spiro atoms. The number of rotatable bonds is 1. The molecule has 12 heavy (non-hydrogen) atoms. The SMILES string of the molecule is C[C@H]1CCC[C@H]1P1(=S)SCCS1. The Morgan fingerprint density at radius 1 is 1.25 bits per heavy atom. The van der Waals surface area contributed by atoms with Crippen molar-refractivity contribution in [2.45, 2.75) is 31.8 Å². The van der Waals surface area contributed by atoms with Crippen molar-refractivity contribution in [3.05, 3.63) is 0 Å². The lowest BCUT2D eigenvalue weighted by Gasteiger charge is -2.24. The average Bonchev–Trinajstić information content (AvgIpc) is 2.59. The topological polar surface area (TPSA) is 0 Å². The van der Waals surface area contributed by atoms with Gasteiger partial charge in [-0.15, -0.1) is 22.8 Å². The van der Waals surface area contributed by atoms with Crippen molar-refractivity contribution >= 4 is 39.0 Å². The third kappa shape index (κ3) is 1.75. The molecule has 0 aromatic heterocycles. The van der Waals surface area contributed by atoms with Gasteiger partial charge in [0.25, 0.3) is 0 Å². The highest BCUT2D eigenvalue weighted by Crippen LogP contribution is 2.79. The molecule has 1 aliphatic carbocycles. The van der Waals surface area contributed by atoms with Crippen LogP contribution in [0, 0.1) is 5.92 Å². The van der Waals surface area contributed by atoms with Crippen molar-refractivity contribution in [2.24, 2.45) is 5.92 Å². The van der Waals surface area contributed by atoms with Gasteiger partial charge in [0.15, 0.2) is 0 Å². The summed E-state index contributed by atoms with van der Waals surface area (Å²) in [7, 11) is 0. The number of hydrogen-bond acceptors (Lipinski definition) is 3. The molecule has 0 aromatic carbocycles.